The molecule has 0 bridgehead atoms. The molecule has 15 heavy (non-hydrogen) atoms. The predicted octanol–water partition coefficient (Wildman–Crippen LogP) is -0.342. The SMILES string of the molecule is NC(CC(=O)O)C(=O)NCC1CCSC1. The summed E-state index contributed by atoms with van der Waals surface area (Å²) in [5.74, 6) is 1.30. The van der Waals surface area contributed by atoms with Gasteiger partial charge >= 0.3 is 5.97 Å². The number of hydrogen-bond acceptors (Lipinski definition) is 4. The van der Waals surface area contributed by atoms with Crippen molar-refractivity contribution in [3.05, 3.63) is 0 Å². The highest BCUT2D eigenvalue weighted by molar-refractivity contribution is 7.99. The van der Waals surface area contributed by atoms with Crippen LogP contribution in [-0.4, -0.2) is 41.1 Å². The molecule has 1 fully saturated rings. The zero-order chi connectivity index (χ0) is 11.3. The van der Waals surface area contributed by atoms with Crippen LogP contribution in [-0.2, 0) is 9.59 Å². The molecule has 1 amide bonds. The van der Waals surface area contributed by atoms with Crippen molar-refractivity contribution in [1.29, 1.82) is 0 Å². The van der Waals surface area contributed by atoms with Crippen molar-refractivity contribution in [2.75, 3.05) is 18.1 Å². The van der Waals surface area contributed by atoms with Crippen LogP contribution in [0.5, 0.6) is 0 Å². The molecule has 4 N–H and O–H groups in total. The number of aliphatic carboxylic acids is 1. The van der Waals surface area contributed by atoms with E-state index in [4.69, 9.17) is 10.8 Å². The Balaban J connectivity index is 2.19. The maximum atomic E-state index is 11.3. The summed E-state index contributed by atoms with van der Waals surface area (Å²) >= 11 is 1.88. The second-order valence-electron chi connectivity index (χ2n) is 3.68. The molecule has 0 aromatic rings. The van der Waals surface area contributed by atoms with E-state index in [0.29, 0.717) is 12.5 Å². The molecule has 0 saturated carbocycles. The Morgan fingerprint density at radius 3 is 2.87 bits per heavy atom. The number of nitrogens with two attached hydrogens (primary N) is 1. The minimum atomic E-state index is -1.05. The van der Waals surface area contributed by atoms with Crippen molar-refractivity contribution in [3.8, 4) is 0 Å². The van der Waals surface area contributed by atoms with Gasteiger partial charge in [-0.05, 0) is 23.8 Å². The maximum Gasteiger partial charge on any atom is 0.305 e. The van der Waals surface area contributed by atoms with Crippen molar-refractivity contribution in [3.63, 3.8) is 0 Å². The summed E-state index contributed by atoms with van der Waals surface area (Å²) in [6.45, 7) is 0.610. The number of hydrogen-bond donors (Lipinski definition) is 3. The van der Waals surface area contributed by atoms with Gasteiger partial charge in [0.25, 0.3) is 0 Å². The van der Waals surface area contributed by atoms with Gasteiger partial charge < -0.3 is 16.2 Å². The van der Waals surface area contributed by atoms with Gasteiger partial charge in [-0.3, -0.25) is 9.59 Å². The number of nitrogens with one attached hydrogen (secondary N) is 1. The summed E-state index contributed by atoms with van der Waals surface area (Å²) in [5, 5.41) is 11.1. The summed E-state index contributed by atoms with van der Waals surface area (Å²) < 4.78 is 0. The van der Waals surface area contributed by atoms with E-state index in [0.717, 1.165) is 17.9 Å². The number of carbonyl (C=O) groups excluding carboxylic acids is 1. The van der Waals surface area contributed by atoms with E-state index in [2.05, 4.69) is 5.32 Å². The van der Waals surface area contributed by atoms with Gasteiger partial charge in [0.05, 0.1) is 12.5 Å². The van der Waals surface area contributed by atoms with E-state index in [1.807, 2.05) is 11.8 Å². The maximum absolute atomic E-state index is 11.3. The Morgan fingerprint density at radius 2 is 2.33 bits per heavy atom. The van der Waals surface area contributed by atoms with Crippen molar-refractivity contribution < 1.29 is 14.7 Å². The van der Waals surface area contributed by atoms with Crippen LogP contribution < -0.4 is 11.1 Å². The summed E-state index contributed by atoms with van der Waals surface area (Å²) in [6.07, 6.45) is 0.796. The Morgan fingerprint density at radius 1 is 1.60 bits per heavy atom. The fourth-order valence-corrected chi connectivity index (χ4v) is 2.69. The van der Waals surface area contributed by atoms with Gasteiger partial charge in [0.1, 0.15) is 0 Å². The third kappa shape index (κ3) is 4.53. The quantitative estimate of drug-likeness (QED) is 0.603. The predicted molar refractivity (Wildman–Crippen MR) is 58.7 cm³/mol. The first-order chi connectivity index (χ1) is 7.09. The molecule has 0 aromatic heterocycles. The molecule has 0 aliphatic carbocycles. The second kappa shape index (κ2) is 5.97. The fraction of sp³-hybridized carbons (Fsp3) is 0.778. The first-order valence-electron chi connectivity index (χ1n) is 4.92. The van der Waals surface area contributed by atoms with Crippen LogP contribution in [0.2, 0.25) is 0 Å². The lowest BCUT2D eigenvalue weighted by atomic mass is 10.1. The summed E-state index contributed by atoms with van der Waals surface area (Å²) in [4.78, 5) is 21.6. The molecular weight excluding hydrogens is 216 g/mol. The lowest BCUT2D eigenvalue weighted by molar-refractivity contribution is -0.139. The molecular formula is C9H16N2O3S. The molecule has 1 rings (SSSR count). The number of carboxylic acids is 1. The third-order valence-electron chi connectivity index (χ3n) is 2.32. The number of carbonyl (C=O) groups is 2. The molecule has 86 valence electrons. The molecule has 0 spiro atoms. The average molecular weight is 232 g/mol. The Hall–Kier alpha value is -0.750. The highest BCUT2D eigenvalue weighted by Crippen LogP contribution is 2.22. The van der Waals surface area contributed by atoms with Crippen LogP contribution in [0.4, 0.5) is 0 Å². The van der Waals surface area contributed by atoms with E-state index < -0.39 is 12.0 Å². The van der Waals surface area contributed by atoms with Gasteiger partial charge in [-0.15, -0.1) is 0 Å². The van der Waals surface area contributed by atoms with Crippen LogP contribution >= 0.6 is 11.8 Å². The van der Waals surface area contributed by atoms with Crippen LogP contribution in [0.1, 0.15) is 12.8 Å². The number of carboxylic acid groups (broad SMARTS) is 1. The summed E-state index contributed by atoms with van der Waals surface area (Å²) in [6, 6.07) is -0.934. The first-order valence-corrected chi connectivity index (χ1v) is 6.08. The Bertz CT molecular complexity index is 242. The van der Waals surface area contributed by atoms with Crippen LogP contribution in [0.3, 0.4) is 0 Å². The molecule has 0 radical (unpaired) electrons. The zero-order valence-electron chi connectivity index (χ0n) is 8.44. The van der Waals surface area contributed by atoms with E-state index >= 15 is 0 Å². The fourth-order valence-electron chi connectivity index (χ4n) is 1.40. The topological polar surface area (TPSA) is 92.4 Å². The van der Waals surface area contributed by atoms with Crippen LogP contribution in [0.15, 0.2) is 0 Å². The zero-order valence-corrected chi connectivity index (χ0v) is 9.26. The molecule has 6 heteroatoms. The van der Waals surface area contributed by atoms with Crippen LogP contribution in [0.25, 0.3) is 0 Å². The van der Waals surface area contributed by atoms with Gasteiger partial charge in [-0.25, -0.2) is 0 Å². The highest BCUT2D eigenvalue weighted by Gasteiger charge is 2.20. The van der Waals surface area contributed by atoms with Gasteiger partial charge in [-0.1, -0.05) is 0 Å². The van der Waals surface area contributed by atoms with E-state index in [1.165, 1.54) is 0 Å². The van der Waals surface area contributed by atoms with Gasteiger partial charge in [0, 0.05) is 6.54 Å². The summed E-state index contributed by atoms with van der Waals surface area (Å²) in [7, 11) is 0. The Kier molecular flexibility index (Phi) is 4.90. The van der Waals surface area contributed by atoms with Gasteiger partial charge in [-0.2, -0.15) is 11.8 Å². The second-order valence-corrected chi connectivity index (χ2v) is 4.83. The van der Waals surface area contributed by atoms with E-state index in [9.17, 15) is 9.59 Å². The normalized spacial score (nSPS) is 22.3. The van der Waals surface area contributed by atoms with Crippen molar-refractivity contribution in [2.45, 2.75) is 18.9 Å². The first kappa shape index (κ1) is 12.3. The molecule has 1 aliphatic heterocycles. The van der Waals surface area contributed by atoms with Crippen molar-refractivity contribution >= 4 is 23.6 Å². The minimum Gasteiger partial charge on any atom is -0.481 e. The lowest BCUT2D eigenvalue weighted by Gasteiger charge is -2.13. The van der Waals surface area contributed by atoms with Gasteiger partial charge in [0.15, 0.2) is 0 Å². The monoisotopic (exact) mass is 232 g/mol. The van der Waals surface area contributed by atoms with Gasteiger partial charge in [0.2, 0.25) is 5.91 Å². The summed E-state index contributed by atoms with van der Waals surface area (Å²) in [5.41, 5.74) is 5.40. The molecule has 1 aliphatic rings. The molecule has 2 atom stereocenters. The highest BCUT2D eigenvalue weighted by atomic mass is 32.2. The average Bonchev–Trinajstić information content (AvgIpc) is 2.65. The molecule has 2 unspecified atom stereocenters. The van der Waals surface area contributed by atoms with E-state index in [1.54, 1.807) is 0 Å². The minimum absolute atomic E-state index is 0.314. The number of amides is 1. The van der Waals surface area contributed by atoms with Crippen molar-refractivity contribution in [1.82, 2.24) is 5.32 Å². The standard InChI is InChI=1S/C9H16N2O3S/c10-7(3-8(12)13)9(14)11-4-6-1-2-15-5-6/h6-7H,1-5,10H2,(H,11,14)(H,12,13). The van der Waals surface area contributed by atoms with Crippen LogP contribution in [0, 0.1) is 5.92 Å². The smallest absolute Gasteiger partial charge is 0.305 e. The molecule has 1 saturated heterocycles. The van der Waals surface area contributed by atoms with Crippen molar-refractivity contribution in [2.24, 2.45) is 11.7 Å². The lowest BCUT2D eigenvalue weighted by Crippen LogP contribution is -2.43. The third-order valence-corrected chi connectivity index (χ3v) is 3.55. The molecule has 1 heterocycles. The molecule has 0 aromatic carbocycles. The largest absolute Gasteiger partial charge is 0.481 e. The number of rotatable bonds is 5. The Labute approximate surface area is 92.8 Å². The molecule has 5 nitrogen and oxygen atoms in total. The number of thioether (sulfide) groups is 1. The van der Waals surface area contributed by atoms with E-state index in [-0.39, 0.29) is 12.3 Å².